The number of anilines is 2. The summed E-state index contributed by atoms with van der Waals surface area (Å²) in [5.74, 6) is -1.50. The van der Waals surface area contributed by atoms with E-state index in [1.807, 2.05) is 0 Å². The summed E-state index contributed by atoms with van der Waals surface area (Å²) >= 11 is -0.135. The zero-order valence-electron chi connectivity index (χ0n) is 17.0. The Morgan fingerprint density at radius 2 is 2.06 bits per heavy atom. The second-order valence-corrected chi connectivity index (χ2v) is 9.55. The largest absolute Gasteiger partial charge is 0.441 e. The van der Waals surface area contributed by atoms with E-state index in [0.29, 0.717) is 0 Å². The van der Waals surface area contributed by atoms with Crippen LogP contribution in [0.15, 0.2) is 18.2 Å². The molecule has 3 rings (SSSR count). The van der Waals surface area contributed by atoms with Crippen LogP contribution < -0.4 is 9.80 Å². The van der Waals surface area contributed by atoms with Gasteiger partial charge in [0.2, 0.25) is 12.3 Å². The minimum Gasteiger partial charge on any atom is -0.441 e. The Bertz CT molecular complexity index is 970. The molecular weight excluding hydrogens is 474 g/mol. The second-order valence-electron chi connectivity index (χ2n) is 7.59. The molecule has 178 valence electrons. The van der Waals surface area contributed by atoms with Gasteiger partial charge in [-0.3, -0.25) is 18.4 Å². The lowest BCUT2D eigenvalue weighted by Crippen LogP contribution is -2.43. The highest BCUT2D eigenvalue weighted by Crippen LogP contribution is 2.35. The minimum absolute atomic E-state index is 0.0105. The maximum absolute atomic E-state index is 14.8. The van der Waals surface area contributed by atoms with Gasteiger partial charge in [0.15, 0.2) is 0 Å². The van der Waals surface area contributed by atoms with Crippen LogP contribution in [0.3, 0.4) is 0 Å². The predicted molar refractivity (Wildman–Crippen MR) is 111 cm³/mol. The zero-order valence-corrected chi connectivity index (χ0v) is 18.7. The molecule has 0 spiro atoms. The van der Waals surface area contributed by atoms with Crippen LogP contribution in [0.25, 0.3) is 0 Å². The van der Waals surface area contributed by atoms with E-state index in [4.69, 9.17) is 9.29 Å². The zero-order chi connectivity index (χ0) is 23.5. The Morgan fingerprint density at radius 1 is 1.38 bits per heavy atom. The Morgan fingerprint density at radius 3 is 2.66 bits per heavy atom. The molecule has 2 aliphatic rings. The van der Waals surface area contributed by atoms with Gasteiger partial charge in [0, 0.05) is 13.1 Å². The van der Waals surface area contributed by atoms with Gasteiger partial charge in [0.25, 0.3) is 10.1 Å². The van der Waals surface area contributed by atoms with Crippen LogP contribution in [-0.4, -0.2) is 69.3 Å². The lowest BCUT2D eigenvalue weighted by molar-refractivity contribution is -0.136. The molecule has 0 bridgehead atoms. The Labute approximate surface area is 187 Å². The van der Waals surface area contributed by atoms with E-state index in [1.165, 1.54) is 12.1 Å². The van der Waals surface area contributed by atoms with Crippen molar-refractivity contribution in [2.24, 2.45) is 0 Å². The topological polar surface area (TPSA) is 123 Å². The minimum atomic E-state index is -3.69. The summed E-state index contributed by atoms with van der Waals surface area (Å²) in [5, 5.41) is 0. The molecule has 0 aromatic heterocycles. The quantitative estimate of drug-likeness (QED) is 0.424. The number of carbonyl (C=O) groups excluding carboxylic acids is 2. The van der Waals surface area contributed by atoms with Crippen LogP contribution in [0.4, 0.5) is 25.0 Å². The second kappa shape index (κ2) is 9.77. The predicted octanol–water partition coefficient (Wildman–Crippen LogP) is 2.49. The highest BCUT2D eigenvalue weighted by atomic mass is 32.2. The van der Waals surface area contributed by atoms with Gasteiger partial charge in [-0.15, -0.1) is 0 Å². The van der Waals surface area contributed by atoms with Gasteiger partial charge >= 0.3 is 12.1 Å². The number of amides is 1. The van der Waals surface area contributed by atoms with Crippen molar-refractivity contribution in [1.29, 1.82) is 0 Å². The molecule has 1 N–H and O–H groups in total. The normalized spacial score (nSPS) is 20.9. The highest BCUT2D eigenvalue weighted by molar-refractivity contribution is 7.89. The van der Waals surface area contributed by atoms with Gasteiger partial charge in [-0.2, -0.15) is 8.42 Å². The molecule has 14 heteroatoms. The number of piperidine rings is 1. The molecule has 2 heterocycles. The van der Waals surface area contributed by atoms with Gasteiger partial charge in [-0.25, -0.2) is 13.6 Å². The van der Waals surface area contributed by atoms with Crippen molar-refractivity contribution in [1.82, 2.24) is 0 Å². The Hall–Kier alpha value is -2.16. The Kier molecular flexibility index (Phi) is 7.47. The molecule has 1 aromatic rings. The molecule has 1 amide bonds. The number of hydrogen-bond donors (Lipinski definition) is 1. The lowest BCUT2D eigenvalue weighted by atomic mass is 9.90. The lowest BCUT2D eigenvalue weighted by Gasteiger charge is -2.37. The molecule has 0 aliphatic carbocycles. The van der Waals surface area contributed by atoms with Gasteiger partial charge in [0.1, 0.15) is 24.2 Å². The third-order valence-electron chi connectivity index (χ3n) is 5.18. The first kappa shape index (κ1) is 24.5. The molecule has 2 aliphatic heterocycles. The first-order chi connectivity index (χ1) is 15.0. The summed E-state index contributed by atoms with van der Waals surface area (Å²) < 4.78 is 74.3. The third-order valence-corrected chi connectivity index (χ3v) is 6.00. The first-order valence-electron chi connectivity index (χ1n) is 9.56. The summed E-state index contributed by atoms with van der Waals surface area (Å²) in [4.78, 5) is 26.3. The highest BCUT2D eigenvalue weighted by Gasteiger charge is 2.38. The SMILES string of the molecule is CS(=O)(=O)OC[C@H]1CN(c2ccc(N3CCC(F)(CC(=O)OSO)CC3)c(F)c2)C(=O)O1. The molecule has 1 atom stereocenters. The average molecular weight is 497 g/mol. The summed E-state index contributed by atoms with van der Waals surface area (Å²) in [6.45, 7) is -0.0413. The van der Waals surface area contributed by atoms with E-state index >= 15 is 0 Å². The summed E-state index contributed by atoms with van der Waals surface area (Å²) in [7, 11) is -3.69. The molecule has 2 fully saturated rings. The van der Waals surface area contributed by atoms with Gasteiger partial charge in [-0.05, 0) is 31.0 Å². The standard InChI is InChI=1S/C18H22F2N2O8S2/c1-32(26,27)28-11-13-10-22(17(24)29-13)12-2-3-15(14(19)8-12)21-6-4-18(20,5-7-21)9-16(23)30-31-25/h2-3,8,13,25H,4-7,9-11H2,1H3/t13-/m1/s1. The van der Waals surface area contributed by atoms with Crippen molar-refractivity contribution in [3.05, 3.63) is 24.0 Å². The van der Waals surface area contributed by atoms with Crippen LogP contribution in [0.5, 0.6) is 0 Å². The first-order valence-corrected chi connectivity index (χ1v) is 12.1. The van der Waals surface area contributed by atoms with Crippen molar-refractivity contribution in [3.63, 3.8) is 0 Å². The molecule has 2 saturated heterocycles. The molecule has 0 unspecified atom stereocenters. The fourth-order valence-corrected chi connectivity index (χ4v) is 4.13. The van der Waals surface area contributed by atoms with Crippen molar-refractivity contribution in [2.75, 3.05) is 42.3 Å². The summed E-state index contributed by atoms with van der Waals surface area (Å²) in [6, 6.07) is 4.11. The van der Waals surface area contributed by atoms with Gasteiger partial charge in [0.05, 0.1) is 30.6 Å². The number of carbonyl (C=O) groups is 2. The van der Waals surface area contributed by atoms with E-state index in [9.17, 15) is 26.8 Å². The number of cyclic esters (lactones) is 1. The van der Waals surface area contributed by atoms with E-state index in [1.54, 1.807) is 4.90 Å². The summed E-state index contributed by atoms with van der Waals surface area (Å²) in [5.41, 5.74) is -1.37. The molecule has 0 saturated carbocycles. The van der Waals surface area contributed by atoms with Crippen molar-refractivity contribution in [3.8, 4) is 0 Å². The van der Waals surface area contributed by atoms with E-state index in [2.05, 4.69) is 8.37 Å². The fourth-order valence-electron chi connectivity index (χ4n) is 3.59. The number of hydrogen-bond acceptors (Lipinski definition) is 10. The third kappa shape index (κ3) is 6.21. The molecular formula is C18H22F2N2O8S2. The van der Waals surface area contributed by atoms with Crippen LogP contribution in [-0.2, 0) is 28.0 Å². The maximum Gasteiger partial charge on any atom is 0.414 e. The van der Waals surface area contributed by atoms with Crippen LogP contribution in [0.2, 0.25) is 0 Å². The van der Waals surface area contributed by atoms with Crippen LogP contribution in [0.1, 0.15) is 19.3 Å². The molecule has 0 radical (unpaired) electrons. The van der Waals surface area contributed by atoms with E-state index in [0.717, 1.165) is 17.2 Å². The van der Waals surface area contributed by atoms with Gasteiger partial charge in [-0.1, -0.05) is 0 Å². The Balaban J connectivity index is 1.61. The van der Waals surface area contributed by atoms with Crippen molar-refractivity contribution >= 4 is 45.9 Å². The number of nitrogens with zero attached hydrogens (tertiary/aromatic N) is 2. The smallest absolute Gasteiger partial charge is 0.414 e. The number of benzene rings is 1. The van der Waals surface area contributed by atoms with E-state index in [-0.39, 0.29) is 62.8 Å². The van der Waals surface area contributed by atoms with Crippen LogP contribution in [0, 0.1) is 5.82 Å². The summed E-state index contributed by atoms with van der Waals surface area (Å²) in [6.07, 6.45) is -1.26. The fraction of sp³-hybridized carbons (Fsp3) is 0.556. The van der Waals surface area contributed by atoms with Crippen LogP contribution >= 0.6 is 12.3 Å². The molecule has 32 heavy (non-hydrogen) atoms. The number of ether oxygens (including phenoxy) is 1. The van der Waals surface area contributed by atoms with Crippen molar-refractivity contribution < 1.29 is 44.4 Å². The maximum atomic E-state index is 14.8. The molecule has 10 nitrogen and oxygen atoms in total. The van der Waals surface area contributed by atoms with Crippen molar-refractivity contribution in [2.45, 2.75) is 31.0 Å². The average Bonchev–Trinajstić information content (AvgIpc) is 3.07. The number of rotatable bonds is 8. The molecule has 1 aromatic carbocycles. The number of halogens is 2. The van der Waals surface area contributed by atoms with Gasteiger partial charge < -0.3 is 13.8 Å². The monoisotopic (exact) mass is 496 g/mol. The number of alkyl halides is 1. The van der Waals surface area contributed by atoms with E-state index < -0.39 is 46.2 Å².